The molecular weight excluding hydrogens is 190 g/mol. The van der Waals surface area contributed by atoms with Crippen molar-refractivity contribution in [3.8, 4) is 0 Å². The molecule has 1 aromatic heterocycles. The van der Waals surface area contributed by atoms with E-state index in [4.69, 9.17) is 11.6 Å². The molecule has 0 saturated heterocycles. The Balaban J connectivity index is 3.63. The van der Waals surface area contributed by atoms with Gasteiger partial charge in [-0.2, -0.15) is 0 Å². The van der Waals surface area contributed by atoms with Crippen LogP contribution in [-0.2, 0) is 7.05 Å². The second-order valence-corrected chi connectivity index (χ2v) is 3.32. The molecule has 0 fully saturated rings. The number of hydrogen-bond donors (Lipinski definition) is 0. The zero-order valence-corrected chi connectivity index (χ0v) is 8.47. The molecule has 0 radical (unpaired) electrons. The minimum atomic E-state index is -0.696. The molecule has 0 saturated carbocycles. The molecule has 0 aliphatic heterocycles. The molecule has 1 aromatic rings. The predicted molar refractivity (Wildman–Crippen MR) is 51.3 cm³/mol. The van der Waals surface area contributed by atoms with E-state index in [1.807, 2.05) is 0 Å². The average molecular weight is 200 g/mol. The van der Waals surface area contributed by atoms with E-state index in [0.29, 0.717) is 5.56 Å². The maximum atomic E-state index is 11.5. The first-order chi connectivity index (χ1) is 5.95. The number of aromatic nitrogens is 1. The Morgan fingerprint density at radius 1 is 1.46 bits per heavy atom. The molecule has 0 bridgehead atoms. The van der Waals surface area contributed by atoms with Gasteiger partial charge in [-0.3, -0.25) is 9.59 Å². The number of nitrogens with zero attached hydrogens (tertiary/aromatic N) is 1. The molecule has 13 heavy (non-hydrogen) atoms. The van der Waals surface area contributed by atoms with Crippen molar-refractivity contribution in [2.24, 2.45) is 7.05 Å². The zero-order chi connectivity index (χ0) is 10.2. The minimum Gasteiger partial charge on any atom is -0.315 e. The summed E-state index contributed by atoms with van der Waals surface area (Å²) in [4.78, 5) is 22.4. The fraction of sp³-hybridized carbons (Fsp3) is 0.333. The smallest absolute Gasteiger partial charge is 0.262 e. The lowest BCUT2D eigenvalue weighted by Crippen LogP contribution is -2.25. The minimum absolute atomic E-state index is 0.0646. The van der Waals surface area contributed by atoms with Crippen LogP contribution in [0.2, 0.25) is 0 Å². The molecule has 0 unspecified atom stereocenters. The molecule has 0 aromatic carbocycles. The van der Waals surface area contributed by atoms with Gasteiger partial charge in [0.05, 0.1) is 0 Å². The van der Waals surface area contributed by atoms with Gasteiger partial charge in [0, 0.05) is 12.7 Å². The van der Waals surface area contributed by atoms with E-state index < -0.39 is 5.24 Å². The van der Waals surface area contributed by atoms with Crippen LogP contribution < -0.4 is 5.56 Å². The number of halogens is 1. The maximum Gasteiger partial charge on any atom is 0.262 e. The summed E-state index contributed by atoms with van der Waals surface area (Å²) in [6.07, 6.45) is 0. The Kier molecular flexibility index (Phi) is 2.57. The summed E-state index contributed by atoms with van der Waals surface area (Å²) < 4.78 is 1.41. The number of hydrogen-bond acceptors (Lipinski definition) is 2. The summed E-state index contributed by atoms with van der Waals surface area (Å²) in [5, 5.41) is -0.696. The molecule has 0 aliphatic carbocycles. The third-order valence-electron chi connectivity index (χ3n) is 2.06. The van der Waals surface area contributed by atoms with Gasteiger partial charge in [-0.05, 0) is 37.1 Å². The van der Waals surface area contributed by atoms with E-state index in [2.05, 4.69) is 0 Å². The van der Waals surface area contributed by atoms with E-state index >= 15 is 0 Å². The first-order valence-corrected chi connectivity index (χ1v) is 4.20. The number of pyridine rings is 1. The van der Waals surface area contributed by atoms with Gasteiger partial charge < -0.3 is 4.57 Å². The van der Waals surface area contributed by atoms with Gasteiger partial charge in [-0.1, -0.05) is 0 Å². The van der Waals surface area contributed by atoms with E-state index in [1.165, 1.54) is 4.57 Å². The van der Waals surface area contributed by atoms with Gasteiger partial charge in [-0.25, -0.2) is 0 Å². The van der Waals surface area contributed by atoms with Crippen LogP contribution in [0.3, 0.4) is 0 Å². The van der Waals surface area contributed by atoms with Crippen LogP contribution in [0.15, 0.2) is 10.9 Å². The van der Waals surface area contributed by atoms with E-state index in [0.717, 1.165) is 5.69 Å². The lowest BCUT2D eigenvalue weighted by Gasteiger charge is -2.06. The van der Waals surface area contributed by atoms with Gasteiger partial charge >= 0.3 is 0 Å². The summed E-state index contributed by atoms with van der Waals surface area (Å²) in [6, 6.07) is 1.76. The molecule has 0 N–H and O–H groups in total. The Morgan fingerprint density at radius 3 is 2.46 bits per heavy atom. The van der Waals surface area contributed by atoms with Crippen LogP contribution in [0.25, 0.3) is 0 Å². The largest absolute Gasteiger partial charge is 0.315 e. The molecule has 0 amide bonds. The lowest BCUT2D eigenvalue weighted by atomic mass is 10.1. The Morgan fingerprint density at radius 2 is 2.00 bits per heavy atom. The van der Waals surface area contributed by atoms with Crippen LogP contribution in [0.4, 0.5) is 0 Å². The van der Waals surface area contributed by atoms with Crippen molar-refractivity contribution in [3.63, 3.8) is 0 Å². The predicted octanol–water partition coefficient (Wildman–Crippen LogP) is 1.38. The molecule has 70 valence electrons. The van der Waals surface area contributed by atoms with Crippen molar-refractivity contribution >= 4 is 16.8 Å². The summed E-state index contributed by atoms with van der Waals surface area (Å²) >= 11 is 5.29. The van der Waals surface area contributed by atoms with Gasteiger partial charge in [0.2, 0.25) is 0 Å². The highest BCUT2D eigenvalue weighted by atomic mass is 35.5. The van der Waals surface area contributed by atoms with Crippen LogP contribution in [0.1, 0.15) is 21.6 Å². The number of aryl methyl sites for hydroxylation is 2. The summed E-state index contributed by atoms with van der Waals surface area (Å²) in [6.45, 7) is 3.50. The van der Waals surface area contributed by atoms with Gasteiger partial charge in [0.15, 0.2) is 0 Å². The first kappa shape index (κ1) is 9.99. The van der Waals surface area contributed by atoms with Crippen molar-refractivity contribution in [1.29, 1.82) is 0 Å². The van der Waals surface area contributed by atoms with Crippen molar-refractivity contribution in [3.05, 3.63) is 33.2 Å². The Labute approximate surface area is 80.9 Å². The third-order valence-corrected chi connectivity index (χ3v) is 2.25. The van der Waals surface area contributed by atoms with Gasteiger partial charge in [0.25, 0.3) is 10.8 Å². The highest BCUT2D eigenvalue weighted by Gasteiger charge is 2.13. The average Bonchev–Trinajstić information content (AvgIpc) is 1.99. The van der Waals surface area contributed by atoms with Crippen molar-refractivity contribution in [1.82, 2.24) is 4.57 Å². The molecular formula is C9H10ClNO2. The molecule has 1 heterocycles. The van der Waals surface area contributed by atoms with E-state index in [1.54, 1.807) is 27.0 Å². The van der Waals surface area contributed by atoms with Gasteiger partial charge in [0.1, 0.15) is 5.56 Å². The number of carbonyl (C=O) groups is 1. The summed E-state index contributed by atoms with van der Waals surface area (Å²) in [5.74, 6) is 0. The highest BCUT2D eigenvalue weighted by molar-refractivity contribution is 6.67. The van der Waals surface area contributed by atoms with Crippen LogP contribution in [0.5, 0.6) is 0 Å². The standard InChI is InChI=1S/C9H10ClNO2/c1-5-4-6(2)11(3)9(13)7(5)8(10)12/h4H,1-3H3. The summed E-state index contributed by atoms with van der Waals surface area (Å²) in [7, 11) is 1.61. The monoisotopic (exact) mass is 199 g/mol. The SMILES string of the molecule is Cc1cc(C)n(C)c(=O)c1C(=O)Cl. The topological polar surface area (TPSA) is 39.1 Å². The maximum absolute atomic E-state index is 11.5. The number of rotatable bonds is 1. The molecule has 4 heteroatoms. The second-order valence-electron chi connectivity index (χ2n) is 2.98. The van der Waals surface area contributed by atoms with Gasteiger partial charge in [-0.15, -0.1) is 0 Å². The lowest BCUT2D eigenvalue weighted by molar-refractivity contribution is 0.107. The first-order valence-electron chi connectivity index (χ1n) is 3.82. The zero-order valence-electron chi connectivity index (χ0n) is 7.72. The Hall–Kier alpha value is -1.09. The fourth-order valence-corrected chi connectivity index (χ4v) is 1.45. The van der Waals surface area contributed by atoms with Crippen molar-refractivity contribution in [2.75, 3.05) is 0 Å². The quantitative estimate of drug-likeness (QED) is 0.641. The molecule has 3 nitrogen and oxygen atoms in total. The van der Waals surface area contributed by atoms with Crippen LogP contribution >= 0.6 is 11.6 Å². The summed E-state index contributed by atoms with van der Waals surface area (Å²) in [5.41, 5.74) is 1.16. The van der Waals surface area contributed by atoms with E-state index in [9.17, 15) is 9.59 Å². The number of carbonyl (C=O) groups excluding carboxylic acids is 1. The van der Waals surface area contributed by atoms with Crippen LogP contribution in [-0.4, -0.2) is 9.81 Å². The van der Waals surface area contributed by atoms with E-state index in [-0.39, 0.29) is 11.1 Å². The molecule has 0 spiro atoms. The third kappa shape index (κ3) is 1.65. The molecule has 1 rings (SSSR count). The van der Waals surface area contributed by atoms with Crippen molar-refractivity contribution in [2.45, 2.75) is 13.8 Å². The Bertz CT molecular complexity index is 420. The van der Waals surface area contributed by atoms with Crippen molar-refractivity contribution < 1.29 is 4.79 Å². The molecule has 0 atom stereocenters. The fourth-order valence-electron chi connectivity index (χ4n) is 1.22. The normalized spacial score (nSPS) is 10.2. The second kappa shape index (κ2) is 3.34. The highest BCUT2D eigenvalue weighted by Crippen LogP contribution is 2.07. The molecule has 0 aliphatic rings. The van der Waals surface area contributed by atoms with Crippen LogP contribution in [0, 0.1) is 13.8 Å².